The highest BCUT2D eigenvalue weighted by atomic mass is 35.5. The van der Waals surface area contributed by atoms with Crippen LogP contribution in [0.2, 0.25) is 10.0 Å². The van der Waals surface area contributed by atoms with Crippen molar-refractivity contribution in [3.63, 3.8) is 0 Å². The number of hydrogen-bond donors (Lipinski definition) is 1. The van der Waals surface area contributed by atoms with Crippen LogP contribution >= 0.6 is 23.2 Å². The SMILES string of the molecule is CNC(=O)C1CCC(n2c(N(C)[C@@H](C)c3ccc(C(F)(F)F)cc3)nc3c(c2=O)C[C@@H](C)N(C(=O)c2ccc(Cl)c(Cl)c2)C3)CC1. The van der Waals surface area contributed by atoms with E-state index in [0.717, 1.165) is 12.1 Å². The number of benzene rings is 2. The predicted molar refractivity (Wildman–Crippen MR) is 171 cm³/mol. The molecule has 0 unspecified atom stereocenters. The molecule has 246 valence electrons. The highest BCUT2D eigenvalue weighted by molar-refractivity contribution is 6.42. The smallest absolute Gasteiger partial charge is 0.359 e. The summed E-state index contributed by atoms with van der Waals surface area (Å²) < 4.78 is 41.4. The van der Waals surface area contributed by atoms with Gasteiger partial charge in [0.2, 0.25) is 11.9 Å². The Morgan fingerprint density at radius 2 is 1.70 bits per heavy atom. The van der Waals surface area contributed by atoms with Crippen LogP contribution in [0.15, 0.2) is 47.3 Å². The zero-order chi connectivity index (χ0) is 33.5. The molecule has 1 fully saturated rings. The van der Waals surface area contributed by atoms with Crippen molar-refractivity contribution in [2.45, 2.75) is 76.8 Å². The highest BCUT2D eigenvalue weighted by Crippen LogP contribution is 2.37. The maximum absolute atomic E-state index is 14.4. The first-order valence-electron chi connectivity index (χ1n) is 15.2. The minimum Gasteiger partial charge on any atom is -0.359 e. The highest BCUT2D eigenvalue weighted by Gasteiger charge is 2.36. The van der Waals surface area contributed by atoms with Gasteiger partial charge < -0.3 is 15.1 Å². The van der Waals surface area contributed by atoms with Gasteiger partial charge in [-0.1, -0.05) is 35.3 Å². The van der Waals surface area contributed by atoms with Crippen LogP contribution in [0.25, 0.3) is 0 Å². The van der Waals surface area contributed by atoms with Crippen LogP contribution in [0.3, 0.4) is 0 Å². The number of fused-ring (bicyclic) bond motifs is 1. The van der Waals surface area contributed by atoms with Crippen LogP contribution in [-0.4, -0.2) is 46.4 Å². The number of carbonyl (C=O) groups is 2. The quantitative estimate of drug-likeness (QED) is 0.309. The molecule has 0 saturated heterocycles. The number of rotatable bonds is 6. The second-order valence-electron chi connectivity index (χ2n) is 12.2. The Bertz CT molecular complexity index is 1690. The van der Waals surface area contributed by atoms with Gasteiger partial charge in [0.25, 0.3) is 11.5 Å². The van der Waals surface area contributed by atoms with Crippen LogP contribution in [0.5, 0.6) is 0 Å². The first kappa shape index (κ1) is 33.8. The standard InChI is InChI=1S/C33H36Cl2F3N5O3/c1-18-15-25-28(17-42(18)30(45)22-9-14-26(34)27(35)16-22)40-32(41(4)19(2)20-5-10-23(11-6-20)33(36,37)38)43(31(25)46)24-12-7-21(8-13-24)29(44)39-3/h5-6,9-11,14,16,18-19,21,24H,7-8,12-13,15,17H2,1-4H3,(H,39,44)/t18-,19+,21?,24?/m1/s1. The normalized spacial score (nSPS) is 20.5. The molecule has 1 saturated carbocycles. The molecule has 1 N–H and O–H groups in total. The Balaban J connectivity index is 1.54. The van der Waals surface area contributed by atoms with E-state index in [0.29, 0.717) is 65.5 Å². The van der Waals surface area contributed by atoms with Gasteiger partial charge in [0.1, 0.15) is 0 Å². The maximum atomic E-state index is 14.4. The van der Waals surface area contributed by atoms with Crippen LogP contribution in [0, 0.1) is 5.92 Å². The number of nitrogens with one attached hydrogen (secondary N) is 1. The van der Waals surface area contributed by atoms with E-state index in [-0.39, 0.29) is 46.9 Å². The molecule has 46 heavy (non-hydrogen) atoms. The van der Waals surface area contributed by atoms with E-state index in [4.69, 9.17) is 28.2 Å². The molecule has 2 heterocycles. The summed E-state index contributed by atoms with van der Waals surface area (Å²) in [6, 6.07) is 8.64. The van der Waals surface area contributed by atoms with Gasteiger partial charge in [0.15, 0.2) is 0 Å². The molecule has 3 aromatic rings. The van der Waals surface area contributed by atoms with E-state index < -0.39 is 17.8 Å². The van der Waals surface area contributed by atoms with Crippen molar-refractivity contribution in [2.75, 3.05) is 19.0 Å². The summed E-state index contributed by atoms with van der Waals surface area (Å²) in [5.74, 6) is -0.0850. The first-order valence-corrected chi connectivity index (χ1v) is 16.0. The molecule has 1 aliphatic heterocycles. The molecule has 2 atom stereocenters. The lowest BCUT2D eigenvalue weighted by Crippen LogP contribution is -2.47. The average molecular weight is 679 g/mol. The maximum Gasteiger partial charge on any atom is 0.416 e. The minimum absolute atomic E-state index is 0.0248. The Labute approximate surface area is 275 Å². The summed E-state index contributed by atoms with van der Waals surface area (Å²) >= 11 is 12.2. The molecule has 2 aromatic carbocycles. The van der Waals surface area contributed by atoms with E-state index in [9.17, 15) is 27.6 Å². The molecule has 1 aliphatic carbocycles. The largest absolute Gasteiger partial charge is 0.416 e. The zero-order valence-electron chi connectivity index (χ0n) is 26.0. The van der Waals surface area contributed by atoms with E-state index in [1.54, 1.807) is 40.6 Å². The number of alkyl halides is 3. The lowest BCUT2D eigenvalue weighted by molar-refractivity contribution is -0.137. The summed E-state index contributed by atoms with van der Waals surface area (Å²) in [5, 5.41) is 3.29. The number of anilines is 1. The van der Waals surface area contributed by atoms with Crippen molar-refractivity contribution in [1.29, 1.82) is 0 Å². The van der Waals surface area contributed by atoms with Gasteiger partial charge in [-0.3, -0.25) is 19.0 Å². The van der Waals surface area contributed by atoms with Gasteiger partial charge in [-0.15, -0.1) is 0 Å². The molecule has 8 nitrogen and oxygen atoms in total. The average Bonchev–Trinajstić information content (AvgIpc) is 3.04. The van der Waals surface area contributed by atoms with Crippen molar-refractivity contribution in [1.82, 2.24) is 19.8 Å². The number of aromatic nitrogens is 2. The van der Waals surface area contributed by atoms with Crippen molar-refractivity contribution in [2.24, 2.45) is 5.92 Å². The Kier molecular flexibility index (Phi) is 9.75. The number of nitrogens with zero attached hydrogens (tertiary/aromatic N) is 4. The second kappa shape index (κ2) is 13.3. The first-order chi connectivity index (χ1) is 21.7. The number of amides is 2. The lowest BCUT2D eigenvalue weighted by Gasteiger charge is -2.38. The molecule has 0 spiro atoms. The molecule has 0 radical (unpaired) electrons. The molecule has 2 amide bonds. The molecular weight excluding hydrogens is 642 g/mol. The predicted octanol–water partition coefficient (Wildman–Crippen LogP) is 6.83. The van der Waals surface area contributed by atoms with Gasteiger partial charge in [0, 0.05) is 43.2 Å². The molecule has 13 heteroatoms. The van der Waals surface area contributed by atoms with Crippen LogP contribution in [0.1, 0.15) is 84.4 Å². The van der Waals surface area contributed by atoms with Gasteiger partial charge in [-0.25, -0.2) is 4.98 Å². The zero-order valence-corrected chi connectivity index (χ0v) is 27.5. The lowest BCUT2D eigenvalue weighted by atomic mass is 9.85. The fourth-order valence-corrected chi connectivity index (χ4v) is 6.75. The van der Waals surface area contributed by atoms with Crippen LogP contribution < -0.4 is 15.8 Å². The Morgan fingerprint density at radius 3 is 2.28 bits per heavy atom. The third-order valence-electron chi connectivity index (χ3n) is 9.35. The van der Waals surface area contributed by atoms with Gasteiger partial charge in [-0.05, 0) is 81.8 Å². The summed E-state index contributed by atoms with van der Waals surface area (Å²) in [6.45, 7) is 3.80. The summed E-state index contributed by atoms with van der Waals surface area (Å²) in [6.07, 6.45) is -1.78. The van der Waals surface area contributed by atoms with Crippen molar-refractivity contribution < 1.29 is 22.8 Å². The van der Waals surface area contributed by atoms with E-state index >= 15 is 0 Å². The van der Waals surface area contributed by atoms with Crippen LogP contribution in [0.4, 0.5) is 19.1 Å². The van der Waals surface area contributed by atoms with Gasteiger partial charge in [0.05, 0.1) is 33.9 Å². The molecule has 2 aliphatic rings. The third-order valence-corrected chi connectivity index (χ3v) is 10.1. The third kappa shape index (κ3) is 6.62. The molecule has 1 aromatic heterocycles. The Hall–Kier alpha value is -3.57. The van der Waals surface area contributed by atoms with E-state index in [1.165, 1.54) is 18.2 Å². The number of carbonyl (C=O) groups excluding carboxylic acids is 2. The van der Waals surface area contributed by atoms with Gasteiger partial charge >= 0.3 is 6.18 Å². The summed E-state index contributed by atoms with van der Waals surface area (Å²) in [7, 11) is 3.37. The fraction of sp³-hybridized carbons (Fsp3) is 0.455. The summed E-state index contributed by atoms with van der Waals surface area (Å²) in [4.78, 5) is 48.7. The van der Waals surface area contributed by atoms with E-state index in [1.807, 2.05) is 13.8 Å². The number of hydrogen-bond acceptors (Lipinski definition) is 5. The van der Waals surface area contributed by atoms with Crippen LogP contribution in [-0.2, 0) is 23.9 Å². The van der Waals surface area contributed by atoms with Crippen molar-refractivity contribution >= 4 is 41.0 Å². The minimum atomic E-state index is -4.46. The van der Waals surface area contributed by atoms with E-state index in [2.05, 4.69) is 5.32 Å². The fourth-order valence-electron chi connectivity index (χ4n) is 6.45. The second-order valence-corrected chi connectivity index (χ2v) is 13.0. The van der Waals surface area contributed by atoms with Crippen molar-refractivity contribution in [3.8, 4) is 0 Å². The monoisotopic (exact) mass is 677 g/mol. The topological polar surface area (TPSA) is 87.5 Å². The van der Waals surface area contributed by atoms with Crippen molar-refractivity contribution in [3.05, 3.63) is 90.8 Å². The Morgan fingerprint density at radius 1 is 1.04 bits per heavy atom. The number of halogens is 5. The molecule has 0 bridgehead atoms. The van der Waals surface area contributed by atoms with Gasteiger partial charge in [-0.2, -0.15) is 13.2 Å². The molecule has 5 rings (SSSR count). The summed E-state index contributed by atoms with van der Waals surface area (Å²) in [5.41, 5.74) is 1.01. The molecular formula is C33H36Cl2F3N5O3.